The summed E-state index contributed by atoms with van der Waals surface area (Å²) in [5.41, 5.74) is 0. The van der Waals surface area contributed by atoms with Gasteiger partial charge in [0.25, 0.3) is 0 Å². The zero-order valence-corrected chi connectivity index (χ0v) is 9.24. The second kappa shape index (κ2) is 4.97. The number of aliphatic carboxylic acids is 1. The predicted octanol–water partition coefficient (Wildman–Crippen LogP) is 1.88. The fourth-order valence-corrected chi connectivity index (χ4v) is 3.28. The van der Waals surface area contributed by atoms with Gasteiger partial charge in [0, 0.05) is 6.54 Å². The van der Waals surface area contributed by atoms with Gasteiger partial charge < -0.3 is 10.4 Å². The molecule has 1 heterocycles. The van der Waals surface area contributed by atoms with Crippen LogP contribution >= 0.6 is 0 Å². The van der Waals surface area contributed by atoms with Gasteiger partial charge in [-0.1, -0.05) is 32.1 Å². The summed E-state index contributed by atoms with van der Waals surface area (Å²) in [4.78, 5) is 11.2. The van der Waals surface area contributed by atoms with Crippen molar-refractivity contribution in [3.8, 4) is 0 Å². The van der Waals surface area contributed by atoms with E-state index in [0.29, 0.717) is 18.4 Å². The molecule has 1 saturated heterocycles. The summed E-state index contributed by atoms with van der Waals surface area (Å²) in [7, 11) is 0. The van der Waals surface area contributed by atoms with Crippen molar-refractivity contribution in [3.05, 3.63) is 0 Å². The average molecular weight is 211 g/mol. The van der Waals surface area contributed by atoms with Gasteiger partial charge in [0.05, 0.1) is 5.92 Å². The van der Waals surface area contributed by atoms with Gasteiger partial charge in [-0.25, -0.2) is 0 Å². The van der Waals surface area contributed by atoms with E-state index in [-0.39, 0.29) is 5.92 Å². The van der Waals surface area contributed by atoms with Gasteiger partial charge in [-0.15, -0.1) is 0 Å². The number of carboxylic acid groups (broad SMARTS) is 1. The fraction of sp³-hybridized carbons (Fsp3) is 0.917. The Labute approximate surface area is 91.2 Å². The Hall–Kier alpha value is -0.570. The van der Waals surface area contributed by atoms with Gasteiger partial charge in [0.1, 0.15) is 0 Å². The lowest BCUT2D eigenvalue weighted by molar-refractivity contribution is -0.145. The molecule has 0 amide bonds. The number of carbonyl (C=O) groups is 1. The molecule has 3 heteroatoms. The minimum absolute atomic E-state index is 0.137. The van der Waals surface area contributed by atoms with Crippen LogP contribution in [0.5, 0.6) is 0 Å². The highest BCUT2D eigenvalue weighted by molar-refractivity contribution is 5.70. The number of carboxylic acids is 1. The van der Waals surface area contributed by atoms with Crippen LogP contribution in [0.15, 0.2) is 0 Å². The highest BCUT2D eigenvalue weighted by Crippen LogP contribution is 2.37. The van der Waals surface area contributed by atoms with E-state index in [1.165, 1.54) is 32.1 Å². The smallest absolute Gasteiger partial charge is 0.308 e. The third kappa shape index (κ3) is 2.51. The Morgan fingerprint density at radius 3 is 2.53 bits per heavy atom. The summed E-state index contributed by atoms with van der Waals surface area (Å²) >= 11 is 0. The molecule has 1 aliphatic heterocycles. The zero-order chi connectivity index (χ0) is 10.7. The van der Waals surface area contributed by atoms with Crippen LogP contribution in [0, 0.1) is 17.8 Å². The molecule has 0 aromatic rings. The van der Waals surface area contributed by atoms with Gasteiger partial charge in [-0.05, 0) is 24.8 Å². The number of hydrogen-bond acceptors (Lipinski definition) is 2. The highest BCUT2D eigenvalue weighted by Gasteiger charge is 2.36. The summed E-state index contributed by atoms with van der Waals surface area (Å²) in [6, 6.07) is 0. The van der Waals surface area contributed by atoms with Crippen LogP contribution in [-0.4, -0.2) is 24.2 Å². The van der Waals surface area contributed by atoms with E-state index in [1.54, 1.807) is 0 Å². The van der Waals surface area contributed by atoms with Crippen molar-refractivity contribution < 1.29 is 9.90 Å². The van der Waals surface area contributed by atoms with E-state index in [4.69, 9.17) is 0 Å². The Bertz CT molecular complexity index is 224. The van der Waals surface area contributed by atoms with Crippen molar-refractivity contribution in [1.29, 1.82) is 0 Å². The predicted molar refractivity (Wildman–Crippen MR) is 58.7 cm³/mol. The fourth-order valence-electron chi connectivity index (χ4n) is 3.28. The van der Waals surface area contributed by atoms with Gasteiger partial charge >= 0.3 is 5.97 Å². The van der Waals surface area contributed by atoms with Crippen LogP contribution in [0.4, 0.5) is 0 Å². The van der Waals surface area contributed by atoms with E-state index in [1.807, 2.05) is 0 Å². The van der Waals surface area contributed by atoms with Crippen molar-refractivity contribution >= 4 is 5.97 Å². The number of hydrogen-bond donors (Lipinski definition) is 2. The summed E-state index contributed by atoms with van der Waals surface area (Å²) in [5, 5.41) is 12.4. The lowest BCUT2D eigenvalue weighted by Crippen LogP contribution is -2.44. The van der Waals surface area contributed by atoms with Gasteiger partial charge in [-0.3, -0.25) is 4.79 Å². The molecule has 2 fully saturated rings. The quantitative estimate of drug-likeness (QED) is 0.733. The average Bonchev–Trinajstić information content (AvgIpc) is 2.30. The molecule has 15 heavy (non-hydrogen) atoms. The van der Waals surface area contributed by atoms with Crippen LogP contribution in [0.2, 0.25) is 0 Å². The zero-order valence-electron chi connectivity index (χ0n) is 9.24. The van der Waals surface area contributed by atoms with Crippen molar-refractivity contribution in [2.45, 2.75) is 38.5 Å². The first-order valence-corrected chi connectivity index (χ1v) is 6.22. The first-order valence-electron chi connectivity index (χ1n) is 6.22. The Morgan fingerprint density at radius 2 is 1.87 bits per heavy atom. The summed E-state index contributed by atoms with van der Waals surface area (Å²) < 4.78 is 0. The Kier molecular flexibility index (Phi) is 3.62. The largest absolute Gasteiger partial charge is 0.481 e. The van der Waals surface area contributed by atoms with Crippen LogP contribution < -0.4 is 5.32 Å². The van der Waals surface area contributed by atoms with E-state index >= 15 is 0 Å². The molecule has 0 aromatic carbocycles. The van der Waals surface area contributed by atoms with Crippen molar-refractivity contribution in [3.63, 3.8) is 0 Å². The molecular weight excluding hydrogens is 190 g/mol. The number of piperidine rings is 1. The van der Waals surface area contributed by atoms with Gasteiger partial charge in [0.15, 0.2) is 0 Å². The third-order valence-corrected chi connectivity index (χ3v) is 4.11. The first-order chi connectivity index (χ1) is 7.29. The van der Waals surface area contributed by atoms with Crippen LogP contribution in [0.3, 0.4) is 0 Å². The summed E-state index contributed by atoms with van der Waals surface area (Å²) in [5.74, 6) is 0.380. The van der Waals surface area contributed by atoms with E-state index < -0.39 is 5.97 Å². The first kappa shape index (κ1) is 10.9. The monoisotopic (exact) mass is 211 g/mol. The maximum absolute atomic E-state index is 11.2. The maximum Gasteiger partial charge on any atom is 0.308 e. The minimum atomic E-state index is -0.599. The molecule has 86 valence electrons. The normalized spacial score (nSPS) is 33.9. The maximum atomic E-state index is 11.2. The third-order valence-electron chi connectivity index (χ3n) is 4.11. The molecule has 2 N–H and O–H groups in total. The number of rotatable bonds is 2. The minimum Gasteiger partial charge on any atom is -0.481 e. The molecular formula is C12H21NO2. The summed E-state index contributed by atoms with van der Waals surface area (Å²) in [6.07, 6.45) is 7.53. The topological polar surface area (TPSA) is 49.3 Å². The van der Waals surface area contributed by atoms with E-state index in [9.17, 15) is 9.90 Å². The lowest BCUT2D eigenvalue weighted by Gasteiger charge is -2.37. The molecule has 0 aromatic heterocycles. The molecule has 2 unspecified atom stereocenters. The Balaban J connectivity index is 1.99. The molecule has 1 aliphatic carbocycles. The summed E-state index contributed by atoms with van der Waals surface area (Å²) in [6.45, 7) is 1.68. The van der Waals surface area contributed by atoms with Crippen LogP contribution in [0.25, 0.3) is 0 Å². The Morgan fingerprint density at radius 1 is 1.13 bits per heavy atom. The molecule has 2 aliphatic rings. The molecule has 0 radical (unpaired) electrons. The van der Waals surface area contributed by atoms with E-state index in [0.717, 1.165) is 13.0 Å². The molecule has 2 atom stereocenters. The van der Waals surface area contributed by atoms with Crippen molar-refractivity contribution in [1.82, 2.24) is 5.32 Å². The molecule has 0 bridgehead atoms. The van der Waals surface area contributed by atoms with Crippen molar-refractivity contribution in [2.24, 2.45) is 17.8 Å². The molecule has 0 spiro atoms. The van der Waals surface area contributed by atoms with Crippen molar-refractivity contribution in [2.75, 3.05) is 13.1 Å². The standard InChI is InChI=1S/C12H21NO2/c14-12(15)11-8-13-7-6-10(11)9-4-2-1-3-5-9/h9-11,13H,1-8H2,(H,14,15). The van der Waals surface area contributed by atoms with E-state index in [2.05, 4.69) is 5.32 Å². The molecule has 3 nitrogen and oxygen atoms in total. The SMILES string of the molecule is O=C(O)C1CNCCC1C1CCCCC1. The molecule has 1 saturated carbocycles. The van der Waals surface area contributed by atoms with Crippen LogP contribution in [0.1, 0.15) is 38.5 Å². The second-order valence-electron chi connectivity index (χ2n) is 5.00. The number of nitrogens with one attached hydrogen (secondary N) is 1. The van der Waals surface area contributed by atoms with Gasteiger partial charge in [-0.2, -0.15) is 0 Å². The lowest BCUT2D eigenvalue weighted by atomic mass is 9.71. The van der Waals surface area contributed by atoms with Gasteiger partial charge in [0.2, 0.25) is 0 Å². The second-order valence-corrected chi connectivity index (χ2v) is 5.00. The molecule has 2 rings (SSSR count). The van der Waals surface area contributed by atoms with Crippen LogP contribution in [-0.2, 0) is 4.79 Å². The highest BCUT2D eigenvalue weighted by atomic mass is 16.4.